The number of likely N-dealkylation sites (N-methyl/N-ethyl adjacent to an activating group) is 1. The number of nitrogens with zero attached hydrogens (tertiary/aromatic N) is 2. The van der Waals surface area contributed by atoms with Crippen LogP contribution in [0.4, 0.5) is 0 Å². The molecule has 2 aromatic heterocycles. The monoisotopic (exact) mass is 515 g/mol. The number of carbonyl (C=O) groups excluding carboxylic acids is 3. The fourth-order valence-corrected chi connectivity index (χ4v) is 6.11. The van der Waals surface area contributed by atoms with Gasteiger partial charge in [0, 0.05) is 40.3 Å². The molecular weight excluding hydrogens is 490 g/mol. The van der Waals surface area contributed by atoms with Crippen molar-refractivity contribution in [2.45, 2.75) is 37.9 Å². The lowest BCUT2D eigenvalue weighted by molar-refractivity contribution is -0.145. The zero-order valence-corrected chi connectivity index (χ0v) is 21.0. The molecule has 2 unspecified atom stereocenters. The van der Waals surface area contributed by atoms with Crippen molar-refractivity contribution in [2.75, 3.05) is 20.7 Å². The van der Waals surface area contributed by atoms with Crippen LogP contribution in [0.3, 0.4) is 0 Å². The average molecular weight is 516 g/mol. The third kappa shape index (κ3) is 4.91. The highest BCUT2D eigenvalue weighted by atomic mass is 35.5. The molecule has 3 N–H and O–H groups in total. The van der Waals surface area contributed by atoms with E-state index in [0.29, 0.717) is 28.6 Å². The Balaban J connectivity index is 1.32. The number of nitrogens with one attached hydrogen (secondary N) is 3. The molecule has 0 saturated heterocycles. The number of amides is 2. The first-order valence-electron chi connectivity index (χ1n) is 11.5. The molecule has 0 spiro atoms. The molecule has 3 heterocycles. The maximum absolute atomic E-state index is 13.1. The predicted octanol–water partition coefficient (Wildman–Crippen LogP) is 2.75. The Morgan fingerprint density at radius 1 is 1.17 bits per heavy atom. The van der Waals surface area contributed by atoms with E-state index in [1.807, 2.05) is 13.1 Å². The molecular formula is C24H26ClN5O4S. The van der Waals surface area contributed by atoms with Crippen LogP contribution < -0.4 is 10.6 Å². The largest absolute Gasteiger partial charge is 0.469 e. The summed E-state index contributed by atoms with van der Waals surface area (Å²) in [5.41, 5.74) is 2.15. The quantitative estimate of drug-likeness (QED) is 0.450. The third-order valence-corrected chi connectivity index (χ3v) is 7.99. The van der Waals surface area contributed by atoms with Gasteiger partial charge in [-0.2, -0.15) is 0 Å². The number of H-pyrrole nitrogens is 1. The van der Waals surface area contributed by atoms with Crippen molar-refractivity contribution >= 4 is 51.6 Å². The summed E-state index contributed by atoms with van der Waals surface area (Å²) in [6.45, 7) is 1.69. The lowest BCUT2D eigenvalue weighted by Crippen LogP contribution is -2.48. The van der Waals surface area contributed by atoms with Gasteiger partial charge in [-0.25, -0.2) is 4.98 Å². The van der Waals surface area contributed by atoms with Gasteiger partial charge < -0.3 is 25.3 Å². The van der Waals surface area contributed by atoms with Crippen LogP contribution in [0, 0.1) is 5.92 Å². The number of fused-ring (bicyclic) bond motifs is 2. The number of halogens is 1. The van der Waals surface area contributed by atoms with E-state index in [2.05, 4.69) is 25.5 Å². The van der Waals surface area contributed by atoms with Crippen molar-refractivity contribution in [3.63, 3.8) is 0 Å². The molecule has 1 saturated carbocycles. The number of aromatic nitrogens is 2. The van der Waals surface area contributed by atoms with Gasteiger partial charge in [-0.1, -0.05) is 11.6 Å². The maximum Gasteiger partial charge on any atom is 0.308 e. The van der Waals surface area contributed by atoms with Crippen molar-refractivity contribution < 1.29 is 19.1 Å². The number of aromatic amines is 1. The molecule has 0 radical (unpaired) electrons. The van der Waals surface area contributed by atoms with E-state index in [4.69, 9.17) is 16.3 Å². The SMILES string of the molecule is COC(=O)C1CC(NC(=O)c2cc3cc(Cl)ccc3[nH]2)[C@H](NC(=O)c2nc3c(s2)CN(C)CC3)C1. The van der Waals surface area contributed by atoms with Crippen molar-refractivity contribution in [1.82, 2.24) is 25.5 Å². The molecule has 1 aliphatic heterocycles. The molecule has 3 atom stereocenters. The fraction of sp³-hybridized carbons (Fsp3) is 0.417. The first-order valence-corrected chi connectivity index (χ1v) is 12.6. The minimum atomic E-state index is -0.439. The zero-order chi connectivity index (χ0) is 24.7. The summed E-state index contributed by atoms with van der Waals surface area (Å²) in [4.78, 5) is 49.3. The molecule has 35 heavy (non-hydrogen) atoms. The highest BCUT2D eigenvalue weighted by Crippen LogP contribution is 2.29. The molecule has 184 valence electrons. The topological polar surface area (TPSA) is 116 Å². The van der Waals surface area contributed by atoms with E-state index < -0.39 is 18.0 Å². The van der Waals surface area contributed by atoms with Gasteiger partial charge in [-0.3, -0.25) is 14.4 Å². The average Bonchev–Trinajstić information content (AvgIpc) is 3.54. The second-order valence-electron chi connectivity index (χ2n) is 9.14. The van der Waals surface area contributed by atoms with Gasteiger partial charge in [0.05, 0.1) is 30.8 Å². The third-order valence-electron chi connectivity index (χ3n) is 6.67. The first-order chi connectivity index (χ1) is 16.8. The Morgan fingerprint density at radius 2 is 1.91 bits per heavy atom. The summed E-state index contributed by atoms with van der Waals surface area (Å²) in [7, 11) is 3.39. The number of ether oxygens (including phenoxy) is 1. The second kappa shape index (κ2) is 9.60. The lowest BCUT2D eigenvalue weighted by Gasteiger charge is -2.21. The van der Waals surface area contributed by atoms with E-state index in [9.17, 15) is 14.4 Å². The molecule has 0 bridgehead atoms. The molecule has 1 aliphatic carbocycles. The summed E-state index contributed by atoms with van der Waals surface area (Å²) in [5, 5.41) is 7.82. The summed E-state index contributed by atoms with van der Waals surface area (Å²) < 4.78 is 4.93. The number of rotatable bonds is 5. The fourth-order valence-electron chi connectivity index (χ4n) is 4.84. The van der Waals surface area contributed by atoms with E-state index >= 15 is 0 Å². The van der Waals surface area contributed by atoms with Crippen LogP contribution in [-0.4, -0.2) is 65.4 Å². The number of methoxy groups -OCH3 is 1. The second-order valence-corrected chi connectivity index (χ2v) is 10.7. The van der Waals surface area contributed by atoms with Gasteiger partial charge in [-0.05, 0) is 44.2 Å². The summed E-state index contributed by atoms with van der Waals surface area (Å²) in [6.07, 6.45) is 1.56. The van der Waals surface area contributed by atoms with E-state index in [0.717, 1.165) is 41.0 Å². The highest BCUT2D eigenvalue weighted by Gasteiger charge is 2.40. The molecule has 5 rings (SSSR count). The molecule has 2 aliphatic rings. The zero-order valence-electron chi connectivity index (χ0n) is 19.4. The van der Waals surface area contributed by atoms with Crippen LogP contribution >= 0.6 is 22.9 Å². The number of benzene rings is 1. The van der Waals surface area contributed by atoms with Gasteiger partial charge >= 0.3 is 5.97 Å². The number of thiazole rings is 1. The van der Waals surface area contributed by atoms with Crippen LogP contribution in [0.2, 0.25) is 5.02 Å². The van der Waals surface area contributed by atoms with E-state index in [1.165, 1.54) is 18.4 Å². The van der Waals surface area contributed by atoms with Crippen LogP contribution in [0.5, 0.6) is 0 Å². The summed E-state index contributed by atoms with van der Waals surface area (Å²) >= 11 is 7.46. The molecule has 9 nitrogen and oxygen atoms in total. The van der Waals surface area contributed by atoms with Crippen LogP contribution in [-0.2, 0) is 22.5 Å². The summed E-state index contributed by atoms with van der Waals surface area (Å²) in [5.74, 6) is -1.38. The smallest absolute Gasteiger partial charge is 0.308 e. The van der Waals surface area contributed by atoms with Gasteiger partial charge in [0.1, 0.15) is 5.69 Å². The molecule has 2 amide bonds. The van der Waals surface area contributed by atoms with Gasteiger partial charge in [0.2, 0.25) is 0 Å². The minimum Gasteiger partial charge on any atom is -0.469 e. The van der Waals surface area contributed by atoms with E-state index in [1.54, 1.807) is 18.2 Å². The number of carbonyl (C=O) groups is 3. The van der Waals surface area contributed by atoms with Gasteiger partial charge in [0.25, 0.3) is 11.8 Å². The molecule has 1 fully saturated rings. The summed E-state index contributed by atoms with van der Waals surface area (Å²) in [6, 6.07) is 6.20. The van der Waals surface area contributed by atoms with Crippen LogP contribution in [0.25, 0.3) is 10.9 Å². The highest BCUT2D eigenvalue weighted by molar-refractivity contribution is 7.13. The van der Waals surface area contributed by atoms with Crippen molar-refractivity contribution in [3.8, 4) is 0 Å². The number of esters is 1. The predicted molar refractivity (Wildman–Crippen MR) is 133 cm³/mol. The Kier molecular flexibility index (Phi) is 6.52. The lowest BCUT2D eigenvalue weighted by atomic mass is 10.1. The van der Waals surface area contributed by atoms with E-state index in [-0.39, 0.29) is 17.8 Å². The number of hydrogen-bond donors (Lipinski definition) is 3. The molecule has 11 heteroatoms. The van der Waals surface area contributed by atoms with Crippen molar-refractivity contribution in [1.29, 1.82) is 0 Å². The molecule has 3 aromatic rings. The van der Waals surface area contributed by atoms with Gasteiger partial charge in [0.15, 0.2) is 5.01 Å². The minimum absolute atomic E-state index is 0.290. The van der Waals surface area contributed by atoms with Gasteiger partial charge in [-0.15, -0.1) is 11.3 Å². The Hall–Kier alpha value is -2.95. The first kappa shape index (κ1) is 23.8. The normalized spacial score (nSPS) is 22.1. The Bertz CT molecular complexity index is 1300. The maximum atomic E-state index is 13.1. The number of hydrogen-bond acceptors (Lipinski definition) is 7. The Morgan fingerprint density at radius 3 is 2.66 bits per heavy atom. The van der Waals surface area contributed by atoms with Crippen LogP contribution in [0.15, 0.2) is 24.3 Å². The van der Waals surface area contributed by atoms with Crippen LogP contribution in [0.1, 0.15) is 43.7 Å². The van der Waals surface area contributed by atoms with Crippen molar-refractivity contribution in [2.24, 2.45) is 5.92 Å². The Labute approximate surface area is 211 Å². The standard InChI is InChI=1S/C24H26ClN5O4S/c1-30-6-5-16-20(11-30)35-23(29-16)22(32)28-18-10-13(24(33)34-2)9-17(18)27-21(31)19-8-12-7-14(25)3-4-15(12)26-19/h3-4,7-8,13,17-18,26H,5-6,9-11H2,1-2H3,(H,27,31)(H,28,32)/t13?,17?,18-/m1/s1. The van der Waals surface area contributed by atoms with Crippen molar-refractivity contribution in [3.05, 3.63) is 50.6 Å². The molecule has 1 aromatic carbocycles.